The Morgan fingerprint density at radius 3 is 2.55 bits per heavy atom. The van der Waals surface area contributed by atoms with Gasteiger partial charge in [0.15, 0.2) is 0 Å². The normalized spacial score (nSPS) is 17.1. The summed E-state index contributed by atoms with van der Waals surface area (Å²) in [5.74, 6) is 0.0477. The number of hydrogen-bond acceptors (Lipinski definition) is 7. The summed E-state index contributed by atoms with van der Waals surface area (Å²) in [5.41, 5.74) is 2.55. The van der Waals surface area contributed by atoms with Crippen molar-refractivity contribution in [3.05, 3.63) is 95.3 Å². The predicted molar refractivity (Wildman–Crippen MR) is 156 cm³/mol. The SMILES string of the molecule is COc1cccc(C2=NN(C(=O)CN(CCN3CCOCC3)C(=O)c3cccc(F)c3)[C@H](c3ccccc3OC)C2)c1. The number of carbonyl (C=O) groups excluding carboxylic acids is 2. The highest BCUT2D eigenvalue weighted by Gasteiger charge is 2.36. The topological polar surface area (TPSA) is 83.9 Å². The van der Waals surface area contributed by atoms with Crippen molar-refractivity contribution in [1.29, 1.82) is 0 Å². The van der Waals surface area contributed by atoms with Crippen molar-refractivity contribution in [3.63, 3.8) is 0 Å². The molecule has 42 heavy (non-hydrogen) atoms. The van der Waals surface area contributed by atoms with Crippen molar-refractivity contribution in [3.8, 4) is 11.5 Å². The van der Waals surface area contributed by atoms with Crippen molar-refractivity contribution in [2.45, 2.75) is 12.5 Å². The number of benzene rings is 3. The molecule has 0 N–H and O–H groups in total. The van der Waals surface area contributed by atoms with Crippen molar-refractivity contribution in [2.75, 3.05) is 60.2 Å². The Morgan fingerprint density at radius 1 is 1.00 bits per heavy atom. The first-order valence-corrected chi connectivity index (χ1v) is 14.0. The Balaban J connectivity index is 1.45. The molecule has 0 aromatic heterocycles. The number of hydrazone groups is 1. The molecular weight excluding hydrogens is 539 g/mol. The van der Waals surface area contributed by atoms with Gasteiger partial charge in [-0.1, -0.05) is 36.4 Å². The maximum atomic E-state index is 14.0. The van der Waals surface area contributed by atoms with Crippen molar-refractivity contribution in [2.24, 2.45) is 5.10 Å². The summed E-state index contributed by atoms with van der Waals surface area (Å²) >= 11 is 0. The van der Waals surface area contributed by atoms with Crippen LogP contribution >= 0.6 is 0 Å². The number of hydrogen-bond donors (Lipinski definition) is 0. The van der Waals surface area contributed by atoms with Gasteiger partial charge in [0.1, 0.15) is 23.9 Å². The zero-order valence-corrected chi connectivity index (χ0v) is 23.9. The Labute approximate surface area is 245 Å². The number of methoxy groups -OCH3 is 2. The number of nitrogens with zero attached hydrogens (tertiary/aromatic N) is 4. The molecular formula is C32H35FN4O5. The van der Waals surface area contributed by atoms with Gasteiger partial charge in [-0.15, -0.1) is 0 Å². The van der Waals surface area contributed by atoms with Gasteiger partial charge >= 0.3 is 0 Å². The van der Waals surface area contributed by atoms with Gasteiger partial charge in [0, 0.05) is 49.3 Å². The van der Waals surface area contributed by atoms with Crippen LogP contribution in [0.5, 0.6) is 11.5 Å². The molecule has 0 bridgehead atoms. The minimum atomic E-state index is -0.511. The molecule has 220 valence electrons. The van der Waals surface area contributed by atoms with Crippen LogP contribution in [0, 0.1) is 5.82 Å². The van der Waals surface area contributed by atoms with E-state index in [1.807, 2.05) is 48.5 Å². The van der Waals surface area contributed by atoms with Crippen LogP contribution < -0.4 is 9.47 Å². The van der Waals surface area contributed by atoms with E-state index in [1.165, 1.54) is 28.1 Å². The van der Waals surface area contributed by atoms with Gasteiger partial charge in [0.05, 0.1) is 39.2 Å². The third-order valence-electron chi connectivity index (χ3n) is 7.54. The van der Waals surface area contributed by atoms with Crippen LogP contribution in [0.15, 0.2) is 77.9 Å². The third kappa shape index (κ3) is 6.78. The van der Waals surface area contributed by atoms with Gasteiger partial charge in [-0.05, 0) is 36.4 Å². The summed E-state index contributed by atoms with van der Waals surface area (Å²) in [6, 6.07) is 20.2. The van der Waals surface area contributed by atoms with E-state index in [9.17, 15) is 14.0 Å². The van der Waals surface area contributed by atoms with E-state index in [4.69, 9.17) is 19.3 Å². The van der Waals surface area contributed by atoms with Crippen LogP contribution in [0.25, 0.3) is 0 Å². The van der Waals surface area contributed by atoms with E-state index in [-0.39, 0.29) is 18.0 Å². The molecule has 0 spiro atoms. The van der Waals surface area contributed by atoms with Gasteiger partial charge < -0.3 is 19.1 Å². The summed E-state index contributed by atoms with van der Waals surface area (Å²) in [6.07, 6.45) is 0.449. The molecule has 1 atom stereocenters. The second-order valence-corrected chi connectivity index (χ2v) is 10.2. The lowest BCUT2D eigenvalue weighted by Gasteiger charge is -2.31. The van der Waals surface area contributed by atoms with Gasteiger partial charge in [-0.2, -0.15) is 5.10 Å². The van der Waals surface area contributed by atoms with Crippen LogP contribution in [0.3, 0.4) is 0 Å². The van der Waals surface area contributed by atoms with Crippen molar-refractivity contribution in [1.82, 2.24) is 14.8 Å². The number of morpholine rings is 1. The molecule has 0 unspecified atom stereocenters. The van der Waals surface area contributed by atoms with E-state index in [2.05, 4.69) is 4.90 Å². The van der Waals surface area contributed by atoms with Gasteiger partial charge in [0.2, 0.25) is 0 Å². The zero-order chi connectivity index (χ0) is 29.5. The minimum Gasteiger partial charge on any atom is -0.497 e. The molecule has 2 heterocycles. The molecule has 5 rings (SSSR count). The molecule has 0 aliphatic carbocycles. The first-order chi connectivity index (χ1) is 20.5. The number of para-hydroxylation sites is 1. The molecule has 0 radical (unpaired) electrons. The monoisotopic (exact) mass is 574 g/mol. The summed E-state index contributed by atoms with van der Waals surface area (Å²) in [7, 11) is 3.19. The molecule has 1 fully saturated rings. The smallest absolute Gasteiger partial charge is 0.262 e. The van der Waals surface area contributed by atoms with E-state index in [1.54, 1.807) is 20.3 Å². The van der Waals surface area contributed by atoms with Gasteiger partial charge in [-0.3, -0.25) is 14.5 Å². The Bertz CT molecular complexity index is 1440. The Kier molecular flexibility index (Phi) is 9.45. The van der Waals surface area contributed by atoms with E-state index in [0.717, 1.165) is 29.9 Å². The zero-order valence-electron chi connectivity index (χ0n) is 23.9. The van der Waals surface area contributed by atoms with Crippen LogP contribution in [0.4, 0.5) is 4.39 Å². The van der Waals surface area contributed by atoms with Crippen molar-refractivity contribution < 1.29 is 28.2 Å². The maximum Gasteiger partial charge on any atom is 0.262 e. The highest BCUT2D eigenvalue weighted by Crippen LogP contribution is 2.37. The average Bonchev–Trinajstić information content (AvgIpc) is 3.49. The molecule has 3 aromatic carbocycles. The van der Waals surface area contributed by atoms with Crippen molar-refractivity contribution >= 4 is 17.5 Å². The van der Waals surface area contributed by atoms with Crippen LogP contribution in [0.2, 0.25) is 0 Å². The second kappa shape index (κ2) is 13.6. The molecule has 2 amide bonds. The lowest BCUT2D eigenvalue weighted by molar-refractivity contribution is -0.133. The fourth-order valence-electron chi connectivity index (χ4n) is 5.28. The Morgan fingerprint density at radius 2 is 1.79 bits per heavy atom. The molecule has 0 saturated carbocycles. The molecule has 2 aliphatic rings. The van der Waals surface area contributed by atoms with E-state index < -0.39 is 17.8 Å². The first-order valence-electron chi connectivity index (χ1n) is 14.0. The number of halogens is 1. The molecule has 10 heteroatoms. The molecule has 3 aromatic rings. The number of carbonyl (C=O) groups is 2. The first kappa shape index (κ1) is 29.2. The second-order valence-electron chi connectivity index (χ2n) is 10.2. The lowest BCUT2D eigenvalue weighted by atomic mass is 9.97. The third-order valence-corrected chi connectivity index (χ3v) is 7.54. The molecule has 9 nitrogen and oxygen atoms in total. The van der Waals surface area contributed by atoms with E-state index in [0.29, 0.717) is 44.2 Å². The molecule has 1 saturated heterocycles. The van der Waals surface area contributed by atoms with E-state index >= 15 is 0 Å². The average molecular weight is 575 g/mol. The lowest BCUT2D eigenvalue weighted by Crippen LogP contribution is -2.46. The van der Waals surface area contributed by atoms with Crippen LogP contribution in [-0.2, 0) is 9.53 Å². The minimum absolute atomic E-state index is 0.188. The standard InChI is InChI=1S/C32H35FN4O5/c1-40-26-10-6-7-23(20-26)28-21-29(27-11-3-4-12-30(27)41-2)37(34-28)31(38)22-36(14-13-35-15-17-42-18-16-35)32(39)24-8-5-9-25(33)19-24/h3-12,19-20,29H,13-18,21-22H2,1-2H3/t29-/m0/s1. The predicted octanol–water partition coefficient (Wildman–Crippen LogP) is 4.00. The number of rotatable bonds is 10. The van der Waals surface area contributed by atoms with Crippen LogP contribution in [0.1, 0.15) is 33.9 Å². The summed E-state index contributed by atoms with van der Waals surface area (Å²) in [6.45, 7) is 3.35. The quantitative estimate of drug-likeness (QED) is 0.364. The highest BCUT2D eigenvalue weighted by molar-refractivity contribution is 6.04. The van der Waals surface area contributed by atoms with Gasteiger partial charge in [0.25, 0.3) is 11.8 Å². The fourth-order valence-corrected chi connectivity index (χ4v) is 5.28. The van der Waals surface area contributed by atoms with Gasteiger partial charge in [-0.25, -0.2) is 9.40 Å². The largest absolute Gasteiger partial charge is 0.497 e. The highest BCUT2D eigenvalue weighted by atomic mass is 19.1. The fraction of sp³-hybridized carbons (Fsp3) is 0.344. The number of ether oxygens (including phenoxy) is 3. The summed E-state index contributed by atoms with van der Waals surface area (Å²) in [4.78, 5) is 31.3. The summed E-state index contributed by atoms with van der Waals surface area (Å²) < 4.78 is 30.5. The molecule has 2 aliphatic heterocycles. The summed E-state index contributed by atoms with van der Waals surface area (Å²) in [5, 5.41) is 6.23. The maximum absolute atomic E-state index is 14.0. The number of amides is 2. The Hall–Kier alpha value is -4.28. The van der Waals surface area contributed by atoms with Crippen LogP contribution in [-0.4, -0.2) is 92.5 Å².